The van der Waals surface area contributed by atoms with E-state index < -0.39 is 23.6 Å². The van der Waals surface area contributed by atoms with Gasteiger partial charge in [0, 0.05) is 24.5 Å². The van der Waals surface area contributed by atoms with Crippen molar-refractivity contribution in [3.8, 4) is 0 Å². The van der Waals surface area contributed by atoms with Crippen LogP contribution in [0.4, 0.5) is 39.4 Å². The summed E-state index contributed by atoms with van der Waals surface area (Å²) in [6.45, 7) is 1.61. The third-order valence-corrected chi connectivity index (χ3v) is 4.37. The Labute approximate surface area is 154 Å². The first-order valence-corrected chi connectivity index (χ1v) is 8.63. The molecule has 0 aromatic heterocycles. The summed E-state index contributed by atoms with van der Waals surface area (Å²) in [5.74, 6) is -0.427. The minimum Gasteiger partial charge on any atom is -0.369 e. The Morgan fingerprint density at radius 3 is 2.07 bits per heavy atom. The molecular formula is C19H19F4N3O. The number of anilines is 3. The highest BCUT2D eigenvalue weighted by Crippen LogP contribution is 2.30. The number of alkyl halides is 3. The smallest absolute Gasteiger partial charge is 0.369 e. The topological polar surface area (TPSA) is 44.4 Å². The van der Waals surface area contributed by atoms with E-state index in [1.54, 1.807) is 12.1 Å². The molecule has 0 aliphatic carbocycles. The molecular weight excluding hydrogens is 362 g/mol. The number of carbonyl (C=O) groups is 1. The van der Waals surface area contributed by atoms with Crippen LogP contribution in [0.5, 0.6) is 0 Å². The number of hydrogen-bond donors (Lipinski definition) is 2. The molecule has 2 aromatic rings. The fourth-order valence-electron chi connectivity index (χ4n) is 3.01. The molecule has 0 atom stereocenters. The number of piperidine rings is 1. The summed E-state index contributed by atoms with van der Waals surface area (Å²) in [5.41, 5.74) is 0.163. The van der Waals surface area contributed by atoms with Gasteiger partial charge in [-0.05, 0) is 61.7 Å². The summed E-state index contributed by atoms with van der Waals surface area (Å²) in [4.78, 5) is 14.0. The van der Waals surface area contributed by atoms with Gasteiger partial charge in [-0.15, -0.1) is 0 Å². The fourth-order valence-corrected chi connectivity index (χ4v) is 3.01. The molecule has 1 aliphatic rings. The number of carbonyl (C=O) groups excluding carboxylic acids is 1. The molecule has 2 amide bonds. The molecule has 3 rings (SSSR count). The van der Waals surface area contributed by atoms with Crippen molar-refractivity contribution in [1.29, 1.82) is 0 Å². The second kappa shape index (κ2) is 7.85. The molecule has 8 heteroatoms. The number of hydrogen-bond acceptors (Lipinski definition) is 2. The van der Waals surface area contributed by atoms with Gasteiger partial charge in [-0.2, -0.15) is 13.2 Å². The third kappa shape index (κ3) is 4.90. The third-order valence-electron chi connectivity index (χ3n) is 4.37. The van der Waals surface area contributed by atoms with E-state index in [1.807, 2.05) is 4.90 Å². The van der Waals surface area contributed by atoms with E-state index in [0.29, 0.717) is 5.69 Å². The number of rotatable bonds is 3. The average Bonchev–Trinajstić information content (AvgIpc) is 2.62. The van der Waals surface area contributed by atoms with Crippen molar-refractivity contribution < 1.29 is 22.4 Å². The molecule has 0 spiro atoms. The van der Waals surface area contributed by atoms with Gasteiger partial charge < -0.3 is 15.5 Å². The zero-order valence-corrected chi connectivity index (χ0v) is 14.4. The SMILES string of the molecule is O=C(Nc1ccc(C(F)(F)F)cc1)Nc1ccc(N2CCCCC2)c(F)c1. The quantitative estimate of drug-likeness (QED) is 0.692. The van der Waals surface area contributed by atoms with Crippen molar-refractivity contribution >= 4 is 23.1 Å². The van der Waals surface area contributed by atoms with E-state index >= 15 is 0 Å². The van der Waals surface area contributed by atoms with Crippen molar-refractivity contribution in [3.63, 3.8) is 0 Å². The molecule has 27 heavy (non-hydrogen) atoms. The van der Waals surface area contributed by atoms with Crippen LogP contribution in [0.1, 0.15) is 24.8 Å². The van der Waals surface area contributed by atoms with Gasteiger partial charge in [0.25, 0.3) is 0 Å². The molecule has 0 radical (unpaired) electrons. The van der Waals surface area contributed by atoms with Crippen molar-refractivity contribution in [2.75, 3.05) is 28.6 Å². The molecule has 0 saturated carbocycles. The van der Waals surface area contributed by atoms with Gasteiger partial charge in [0.1, 0.15) is 5.82 Å². The fraction of sp³-hybridized carbons (Fsp3) is 0.316. The maximum atomic E-state index is 14.3. The number of amides is 2. The van der Waals surface area contributed by atoms with E-state index in [0.717, 1.165) is 56.6 Å². The second-order valence-corrected chi connectivity index (χ2v) is 6.37. The lowest BCUT2D eigenvalue weighted by molar-refractivity contribution is -0.137. The minimum atomic E-state index is -4.44. The van der Waals surface area contributed by atoms with Crippen LogP contribution in [-0.2, 0) is 6.18 Å². The Hall–Kier alpha value is -2.77. The van der Waals surface area contributed by atoms with Gasteiger partial charge in [0.05, 0.1) is 11.3 Å². The van der Waals surface area contributed by atoms with E-state index in [2.05, 4.69) is 10.6 Å². The molecule has 0 unspecified atom stereocenters. The summed E-state index contributed by atoms with van der Waals surface area (Å²) in [6.07, 6.45) is -1.25. The van der Waals surface area contributed by atoms with Crippen molar-refractivity contribution in [2.45, 2.75) is 25.4 Å². The van der Waals surface area contributed by atoms with Gasteiger partial charge in [-0.25, -0.2) is 9.18 Å². The largest absolute Gasteiger partial charge is 0.416 e. The number of benzene rings is 2. The predicted molar refractivity (Wildman–Crippen MR) is 96.5 cm³/mol. The maximum absolute atomic E-state index is 14.3. The first-order chi connectivity index (χ1) is 12.8. The van der Waals surface area contributed by atoms with E-state index in [9.17, 15) is 22.4 Å². The number of urea groups is 1. The standard InChI is InChI=1S/C19H19F4N3O/c20-16-12-15(8-9-17(16)26-10-2-1-3-11-26)25-18(27)24-14-6-4-13(5-7-14)19(21,22)23/h4-9,12H,1-3,10-11H2,(H2,24,25,27). The lowest BCUT2D eigenvalue weighted by Gasteiger charge is -2.29. The van der Waals surface area contributed by atoms with Gasteiger partial charge in [-0.3, -0.25) is 0 Å². The first-order valence-electron chi connectivity index (χ1n) is 8.63. The minimum absolute atomic E-state index is 0.200. The van der Waals surface area contributed by atoms with Gasteiger partial charge in [0.15, 0.2) is 0 Å². The Morgan fingerprint density at radius 2 is 1.48 bits per heavy atom. The normalized spacial score (nSPS) is 14.7. The molecule has 0 bridgehead atoms. The Kier molecular flexibility index (Phi) is 5.53. The Morgan fingerprint density at radius 1 is 0.889 bits per heavy atom. The highest BCUT2D eigenvalue weighted by Gasteiger charge is 2.30. The van der Waals surface area contributed by atoms with Gasteiger partial charge in [-0.1, -0.05) is 0 Å². The van der Waals surface area contributed by atoms with Crippen LogP contribution >= 0.6 is 0 Å². The average molecular weight is 381 g/mol. The second-order valence-electron chi connectivity index (χ2n) is 6.37. The van der Waals surface area contributed by atoms with Crippen LogP contribution in [0.25, 0.3) is 0 Å². The van der Waals surface area contributed by atoms with Crippen LogP contribution in [0, 0.1) is 5.82 Å². The van der Waals surface area contributed by atoms with Gasteiger partial charge in [0.2, 0.25) is 0 Å². The van der Waals surface area contributed by atoms with Crippen molar-refractivity contribution in [3.05, 3.63) is 53.8 Å². The number of nitrogens with one attached hydrogen (secondary N) is 2. The molecule has 4 nitrogen and oxygen atoms in total. The predicted octanol–water partition coefficient (Wildman–Crippen LogP) is 5.48. The number of halogens is 4. The Bertz CT molecular complexity index is 800. The van der Waals surface area contributed by atoms with Crippen LogP contribution in [-0.4, -0.2) is 19.1 Å². The van der Waals surface area contributed by atoms with Crippen molar-refractivity contribution in [2.24, 2.45) is 0 Å². The molecule has 2 aromatic carbocycles. The van der Waals surface area contributed by atoms with Crippen LogP contribution in [0.2, 0.25) is 0 Å². The van der Waals surface area contributed by atoms with Gasteiger partial charge >= 0.3 is 12.2 Å². The van der Waals surface area contributed by atoms with Crippen LogP contribution in [0.3, 0.4) is 0 Å². The highest BCUT2D eigenvalue weighted by atomic mass is 19.4. The van der Waals surface area contributed by atoms with Crippen LogP contribution in [0.15, 0.2) is 42.5 Å². The van der Waals surface area contributed by atoms with Crippen molar-refractivity contribution in [1.82, 2.24) is 0 Å². The lowest BCUT2D eigenvalue weighted by Crippen LogP contribution is -2.30. The van der Waals surface area contributed by atoms with E-state index in [-0.39, 0.29) is 11.4 Å². The molecule has 1 saturated heterocycles. The molecule has 2 N–H and O–H groups in total. The zero-order valence-electron chi connectivity index (χ0n) is 14.4. The summed E-state index contributed by atoms with van der Waals surface area (Å²) >= 11 is 0. The summed E-state index contributed by atoms with van der Waals surface area (Å²) < 4.78 is 52.0. The molecule has 1 heterocycles. The molecule has 1 fully saturated rings. The monoisotopic (exact) mass is 381 g/mol. The number of nitrogens with zero attached hydrogens (tertiary/aromatic N) is 1. The van der Waals surface area contributed by atoms with E-state index in [1.165, 1.54) is 6.07 Å². The lowest BCUT2D eigenvalue weighted by atomic mass is 10.1. The summed E-state index contributed by atoms with van der Waals surface area (Å²) in [7, 11) is 0. The summed E-state index contributed by atoms with van der Waals surface area (Å²) in [6, 6.07) is 7.85. The molecule has 1 aliphatic heterocycles. The maximum Gasteiger partial charge on any atom is 0.416 e. The zero-order chi connectivity index (χ0) is 19.4. The Balaban J connectivity index is 1.61. The van der Waals surface area contributed by atoms with Crippen LogP contribution < -0.4 is 15.5 Å². The van der Waals surface area contributed by atoms with E-state index in [4.69, 9.17) is 0 Å². The molecule has 144 valence electrons. The highest BCUT2D eigenvalue weighted by molar-refractivity contribution is 5.99. The summed E-state index contributed by atoms with van der Waals surface area (Å²) in [5, 5.41) is 4.89. The first kappa shape index (κ1) is 19.0.